The highest BCUT2D eigenvalue weighted by Crippen LogP contribution is 2.26. The largest absolute Gasteiger partial charge is 0.382 e. The van der Waals surface area contributed by atoms with Gasteiger partial charge in [0.25, 0.3) is 0 Å². The van der Waals surface area contributed by atoms with Crippen molar-refractivity contribution >= 4 is 5.69 Å². The van der Waals surface area contributed by atoms with Gasteiger partial charge in [0, 0.05) is 30.9 Å². The van der Waals surface area contributed by atoms with Crippen LogP contribution >= 0.6 is 0 Å². The first kappa shape index (κ1) is 13.0. The zero-order chi connectivity index (χ0) is 12.9. The predicted molar refractivity (Wildman–Crippen MR) is 81.5 cm³/mol. The van der Waals surface area contributed by atoms with E-state index in [4.69, 9.17) is 0 Å². The van der Waals surface area contributed by atoms with Crippen LogP contribution in [-0.2, 0) is 0 Å². The van der Waals surface area contributed by atoms with E-state index in [1.807, 2.05) is 0 Å². The number of benzene rings is 1. The van der Waals surface area contributed by atoms with Gasteiger partial charge >= 0.3 is 0 Å². The van der Waals surface area contributed by atoms with Crippen LogP contribution in [0.3, 0.4) is 0 Å². The topological polar surface area (TPSA) is 15.3 Å². The maximum absolute atomic E-state index is 3.68. The van der Waals surface area contributed by atoms with Crippen LogP contribution in [0.4, 0.5) is 5.69 Å². The normalized spacial score (nSPS) is 23.4. The summed E-state index contributed by atoms with van der Waals surface area (Å²) in [6.45, 7) is 2.57. The average Bonchev–Trinajstić information content (AvgIpc) is 2.50. The van der Waals surface area contributed by atoms with Crippen molar-refractivity contribution in [3.8, 4) is 0 Å². The summed E-state index contributed by atoms with van der Waals surface area (Å²) < 4.78 is 0. The number of nitrogens with zero attached hydrogens (tertiary/aromatic N) is 1. The van der Waals surface area contributed by atoms with Gasteiger partial charge in [-0.05, 0) is 37.8 Å². The van der Waals surface area contributed by atoms with Crippen LogP contribution in [0.1, 0.15) is 44.9 Å². The molecule has 1 aliphatic heterocycles. The molecule has 0 unspecified atom stereocenters. The van der Waals surface area contributed by atoms with Crippen molar-refractivity contribution in [1.29, 1.82) is 0 Å². The van der Waals surface area contributed by atoms with E-state index in [0.29, 0.717) is 6.04 Å². The molecule has 1 aromatic rings. The minimum absolute atomic E-state index is 0.669. The lowest BCUT2D eigenvalue weighted by Crippen LogP contribution is -2.45. The minimum Gasteiger partial charge on any atom is -0.382 e. The molecule has 0 bridgehead atoms. The monoisotopic (exact) mass is 258 g/mol. The molecule has 104 valence electrons. The number of piperidine rings is 1. The summed E-state index contributed by atoms with van der Waals surface area (Å²) in [5, 5.41) is 3.68. The van der Waals surface area contributed by atoms with Gasteiger partial charge in [-0.3, -0.25) is 0 Å². The second kappa shape index (κ2) is 6.42. The van der Waals surface area contributed by atoms with E-state index in [2.05, 4.69) is 40.5 Å². The van der Waals surface area contributed by atoms with Crippen molar-refractivity contribution in [2.45, 2.75) is 57.0 Å². The molecule has 1 saturated carbocycles. The van der Waals surface area contributed by atoms with Gasteiger partial charge in [-0.25, -0.2) is 0 Å². The van der Waals surface area contributed by atoms with Gasteiger partial charge in [-0.15, -0.1) is 0 Å². The maximum Gasteiger partial charge on any atom is 0.0342 e. The molecule has 1 heterocycles. The number of nitrogens with one attached hydrogen (secondary N) is 1. The van der Waals surface area contributed by atoms with E-state index in [0.717, 1.165) is 6.04 Å². The van der Waals surface area contributed by atoms with Crippen LogP contribution in [0, 0.1) is 0 Å². The molecule has 0 aromatic heterocycles. The Kier molecular flexibility index (Phi) is 4.39. The summed E-state index contributed by atoms with van der Waals surface area (Å²) >= 11 is 0. The second-order valence-electron chi connectivity index (χ2n) is 6.11. The lowest BCUT2D eigenvalue weighted by molar-refractivity contribution is 0.126. The fourth-order valence-corrected chi connectivity index (χ4v) is 3.63. The van der Waals surface area contributed by atoms with Crippen LogP contribution in [0.15, 0.2) is 30.3 Å². The summed E-state index contributed by atoms with van der Waals surface area (Å²) in [7, 11) is 0. The van der Waals surface area contributed by atoms with Crippen molar-refractivity contribution < 1.29 is 0 Å². The first-order valence-electron chi connectivity index (χ1n) is 7.97. The molecule has 3 rings (SSSR count). The number of para-hydroxylation sites is 1. The quantitative estimate of drug-likeness (QED) is 0.884. The lowest BCUT2D eigenvalue weighted by atomic mass is 9.92. The van der Waals surface area contributed by atoms with Crippen molar-refractivity contribution in [1.82, 2.24) is 4.90 Å². The summed E-state index contributed by atoms with van der Waals surface area (Å²) in [6.07, 6.45) is 9.84. The summed E-state index contributed by atoms with van der Waals surface area (Å²) in [5.74, 6) is 0. The smallest absolute Gasteiger partial charge is 0.0342 e. The molecule has 2 heteroatoms. The Morgan fingerprint density at radius 3 is 2.21 bits per heavy atom. The van der Waals surface area contributed by atoms with Crippen molar-refractivity contribution in [2.24, 2.45) is 0 Å². The molecule has 1 N–H and O–H groups in total. The molecule has 0 amide bonds. The van der Waals surface area contributed by atoms with Crippen molar-refractivity contribution in [2.75, 3.05) is 18.4 Å². The predicted octanol–water partition coefficient (Wildman–Crippen LogP) is 3.90. The van der Waals surface area contributed by atoms with E-state index in [-0.39, 0.29) is 0 Å². The van der Waals surface area contributed by atoms with Crippen molar-refractivity contribution in [3.05, 3.63) is 30.3 Å². The third kappa shape index (κ3) is 3.50. The Balaban J connectivity index is 1.46. The Labute approximate surface area is 117 Å². The molecule has 1 saturated heterocycles. The molecule has 2 fully saturated rings. The fraction of sp³-hybridized carbons (Fsp3) is 0.647. The highest BCUT2D eigenvalue weighted by molar-refractivity contribution is 5.43. The van der Waals surface area contributed by atoms with Gasteiger partial charge in [0.2, 0.25) is 0 Å². The average molecular weight is 258 g/mol. The highest BCUT2D eigenvalue weighted by Gasteiger charge is 2.25. The Morgan fingerprint density at radius 2 is 1.53 bits per heavy atom. The molecule has 2 aliphatic rings. The summed E-state index contributed by atoms with van der Waals surface area (Å²) in [6, 6.07) is 12.2. The molecule has 1 aliphatic carbocycles. The second-order valence-corrected chi connectivity index (χ2v) is 6.11. The molecule has 0 spiro atoms. The highest BCUT2D eigenvalue weighted by atomic mass is 15.2. The number of anilines is 1. The molecular formula is C17H26N2. The Bertz CT molecular complexity index is 362. The zero-order valence-corrected chi connectivity index (χ0v) is 11.9. The van der Waals surface area contributed by atoms with Gasteiger partial charge in [0.05, 0.1) is 0 Å². The molecular weight excluding hydrogens is 232 g/mol. The van der Waals surface area contributed by atoms with Gasteiger partial charge < -0.3 is 10.2 Å². The van der Waals surface area contributed by atoms with E-state index in [9.17, 15) is 0 Å². The van der Waals surface area contributed by atoms with Gasteiger partial charge in [0.1, 0.15) is 0 Å². The van der Waals surface area contributed by atoms with E-state index >= 15 is 0 Å². The van der Waals surface area contributed by atoms with Crippen LogP contribution in [0.25, 0.3) is 0 Å². The van der Waals surface area contributed by atoms with Crippen molar-refractivity contribution in [3.63, 3.8) is 0 Å². The van der Waals surface area contributed by atoms with Crippen LogP contribution in [-0.4, -0.2) is 30.1 Å². The number of rotatable bonds is 3. The fourth-order valence-electron chi connectivity index (χ4n) is 3.63. The first-order chi connectivity index (χ1) is 9.42. The number of likely N-dealkylation sites (tertiary alicyclic amines) is 1. The van der Waals surface area contributed by atoms with Gasteiger partial charge in [-0.2, -0.15) is 0 Å². The van der Waals surface area contributed by atoms with E-state index < -0.39 is 0 Å². The summed E-state index contributed by atoms with van der Waals surface area (Å²) in [5.41, 5.74) is 1.28. The lowest BCUT2D eigenvalue weighted by Gasteiger charge is -2.39. The molecule has 1 aromatic carbocycles. The Hall–Kier alpha value is -1.02. The SMILES string of the molecule is c1ccc(NC2CCN(C3CCCCC3)CC2)cc1. The van der Waals surface area contributed by atoms with Crippen LogP contribution < -0.4 is 5.32 Å². The Morgan fingerprint density at radius 1 is 0.842 bits per heavy atom. The first-order valence-corrected chi connectivity index (χ1v) is 7.97. The van der Waals surface area contributed by atoms with Gasteiger partial charge in [-0.1, -0.05) is 37.5 Å². The van der Waals surface area contributed by atoms with E-state index in [1.165, 1.54) is 63.7 Å². The standard InChI is InChI=1S/C17H26N2/c1-3-7-15(8-4-1)18-16-11-13-19(14-12-16)17-9-5-2-6-10-17/h1,3-4,7-8,16-18H,2,5-6,9-14H2. The number of hydrogen-bond donors (Lipinski definition) is 1. The zero-order valence-electron chi connectivity index (χ0n) is 11.9. The molecule has 2 nitrogen and oxygen atoms in total. The number of hydrogen-bond acceptors (Lipinski definition) is 2. The molecule has 19 heavy (non-hydrogen) atoms. The van der Waals surface area contributed by atoms with E-state index in [1.54, 1.807) is 0 Å². The maximum atomic E-state index is 3.68. The van der Waals surface area contributed by atoms with Gasteiger partial charge in [0.15, 0.2) is 0 Å². The third-order valence-electron chi connectivity index (χ3n) is 4.77. The van der Waals surface area contributed by atoms with Crippen LogP contribution in [0.2, 0.25) is 0 Å². The molecule has 0 atom stereocenters. The third-order valence-corrected chi connectivity index (χ3v) is 4.77. The van der Waals surface area contributed by atoms with Crippen LogP contribution in [0.5, 0.6) is 0 Å². The summed E-state index contributed by atoms with van der Waals surface area (Å²) in [4.78, 5) is 2.75. The minimum atomic E-state index is 0.669. The molecule has 0 radical (unpaired) electrons.